The van der Waals surface area contributed by atoms with Crippen LogP contribution in [0.25, 0.3) is 11.0 Å². The quantitative estimate of drug-likeness (QED) is 0.822. The second kappa shape index (κ2) is 5.94. The van der Waals surface area contributed by atoms with Gasteiger partial charge in [-0.3, -0.25) is 0 Å². The highest BCUT2D eigenvalue weighted by atomic mass is 32.2. The fraction of sp³-hybridized carbons (Fsp3) is 0.571. The molecule has 1 aliphatic rings. The maximum atomic E-state index is 12.9. The molecule has 22 heavy (non-hydrogen) atoms. The topological polar surface area (TPSA) is 79.5 Å². The molecule has 1 aliphatic heterocycles. The van der Waals surface area contributed by atoms with Crippen LogP contribution in [0.4, 0.5) is 0 Å². The maximum Gasteiger partial charge on any atom is 0.245 e. The Morgan fingerprint density at radius 3 is 3.00 bits per heavy atom. The minimum atomic E-state index is -3.56. The van der Waals surface area contributed by atoms with Gasteiger partial charge in [-0.2, -0.15) is 4.31 Å². The molecule has 1 atom stereocenters. The van der Waals surface area contributed by atoms with E-state index in [1.54, 1.807) is 22.5 Å². The molecule has 0 aliphatic carbocycles. The van der Waals surface area contributed by atoms with Gasteiger partial charge in [-0.1, -0.05) is 13.0 Å². The van der Waals surface area contributed by atoms with Gasteiger partial charge in [0.15, 0.2) is 5.52 Å². The molecule has 1 saturated heterocycles. The third-order valence-electron chi connectivity index (χ3n) is 4.23. The summed E-state index contributed by atoms with van der Waals surface area (Å²) >= 11 is 0. The van der Waals surface area contributed by atoms with Gasteiger partial charge in [0.25, 0.3) is 0 Å². The second-order valence-corrected chi connectivity index (χ2v) is 7.67. The average molecular weight is 324 g/mol. The van der Waals surface area contributed by atoms with Crippen molar-refractivity contribution < 1.29 is 13.0 Å². The Balaban J connectivity index is 1.84. The third-order valence-corrected chi connectivity index (χ3v) is 6.12. The first-order chi connectivity index (χ1) is 10.5. The number of rotatable bonds is 5. The summed E-state index contributed by atoms with van der Waals surface area (Å²) in [5.74, 6) is 0.370. The van der Waals surface area contributed by atoms with Crippen molar-refractivity contribution in [3.8, 4) is 0 Å². The number of fused-ring (bicyclic) bond motifs is 1. The average Bonchev–Trinajstić information content (AvgIpc) is 3.15. The van der Waals surface area contributed by atoms with Crippen LogP contribution in [0.2, 0.25) is 0 Å². The van der Waals surface area contributed by atoms with E-state index in [4.69, 9.17) is 0 Å². The molecule has 120 valence electrons. The fourth-order valence-electron chi connectivity index (χ4n) is 2.86. The number of hydrogen-bond donors (Lipinski definition) is 0. The zero-order chi connectivity index (χ0) is 15.7. The molecule has 2 heterocycles. The molecule has 0 amide bonds. The summed E-state index contributed by atoms with van der Waals surface area (Å²) < 4.78 is 31.9. The van der Waals surface area contributed by atoms with Crippen LogP contribution in [0.5, 0.6) is 0 Å². The van der Waals surface area contributed by atoms with Crippen molar-refractivity contribution in [2.75, 3.05) is 33.2 Å². The van der Waals surface area contributed by atoms with E-state index in [2.05, 4.69) is 33.8 Å². The summed E-state index contributed by atoms with van der Waals surface area (Å²) in [5.41, 5.74) is 0.763. The van der Waals surface area contributed by atoms with Crippen LogP contribution in [0.3, 0.4) is 0 Å². The Hall–Kier alpha value is -1.51. The summed E-state index contributed by atoms with van der Waals surface area (Å²) in [4.78, 5) is 2.39. The molecule has 0 radical (unpaired) electrons. The van der Waals surface area contributed by atoms with E-state index in [-0.39, 0.29) is 4.90 Å². The molecule has 0 N–H and O–H groups in total. The normalized spacial score (nSPS) is 20.2. The van der Waals surface area contributed by atoms with E-state index in [9.17, 15) is 8.42 Å². The molecule has 0 bridgehead atoms. The van der Waals surface area contributed by atoms with E-state index >= 15 is 0 Å². The summed E-state index contributed by atoms with van der Waals surface area (Å²) in [5, 5.41) is 7.45. The maximum absolute atomic E-state index is 12.9. The lowest BCUT2D eigenvalue weighted by Crippen LogP contribution is -2.31. The van der Waals surface area contributed by atoms with Gasteiger partial charge in [0.05, 0.1) is 0 Å². The smallest absolute Gasteiger partial charge is 0.245 e. The molecule has 0 spiro atoms. The van der Waals surface area contributed by atoms with Gasteiger partial charge in [-0.05, 0) is 48.4 Å². The van der Waals surface area contributed by atoms with Gasteiger partial charge in [0.2, 0.25) is 10.0 Å². The Morgan fingerprint density at radius 1 is 1.41 bits per heavy atom. The Kier molecular flexibility index (Phi) is 4.16. The van der Waals surface area contributed by atoms with Crippen LogP contribution in [0.1, 0.15) is 13.3 Å². The number of benzene rings is 1. The molecule has 7 nitrogen and oxygen atoms in total. The first kappa shape index (κ1) is 15.4. The molecule has 1 aromatic carbocycles. The lowest BCUT2D eigenvalue weighted by atomic mass is 10.1. The number of nitrogens with zero attached hydrogens (tertiary/aromatic N) is 4. The molecule has 0 saturated carbocycles. The highest BCUT2D eigenvalue weighted by Gasteiger charge is 2.34. The van der Waals surface area contributed by atoms with Crippen molar-refractivity contribution in [1.82, 2.24) is 19.5 Å². The van der Waals surface area contributed by atoms with Crippen molar-refractivity contribution >= 4 is 21.1 Å². The van der Waals surface area contributed by atoms with Gasteiger partial charge >= 0.3 is 0 Å². The van der Waals surface area contributed by atoms with Gasteiger partial charge < -0.3 is 4.90 Å². The van der Waals surface area contributed by atoms with Crippen molar-refractivity contribution in [3.63, 3.8) is 0 Å². The standard InChI is InChI=1S/C14H20N4O3S/c1-3-17(2)9-11-7-8-18(10-11)22(19,20)13-6-4-5-12-14(13)16-21-15-12/h4-6,11H,3,7-10H2,1-2H3/t11-/m0/s1. The van der Waals surface area contributed by atoms with E-state index in [0.717, 1.165) is 19.5 Å². The Labute approximate surface area is 129 Å². The van der Waals surface area contributed by atoms with Crippen molar-refractivity contribution in [2.45, 2.75) is 18.2 Å². The summed E-state index contributed by atoms with van der Waals surface area (Å²) in [6, 6.07) is 4.92. The first-order valence-electron chi connectivity index (χ1n) is 7.42. The largest absolute Gasteiger partial charge is 0.306 e. The molecule has 8 heteroatoms. The molecule has 3 rings (SSSR count). The highest BCUT2D eigenvalue weighted by Crippen LogP contribution is 2.28. The second-order valence-electron chi connectivity index (χ2n) is 5.76. The molecule has 0 unspecified atom stereocenters. The van der Waals surface area contributed by atoms with Crippen LogP contribution in [0, 0.1) is 5.92 Å². The molecule has 1 aromatic heterocycles. The summed E-state index contributed by atoms with van der Waals surface area (Å²) in [6.07, 6.45) is 0.886. The van der Waals surface area contributed by atoms with Gasteiger partial charge in [-0.15, -0.1) is 0 Å². The fourth-order valence-corrected chi connectivity index (χ4v) is 4.53. The highest BCUT2D eigenvalue weighted by molar-refractivity contribution is 7.89. The monoisotopic (exact) mass is 324 g/mol. The third kappa shape index (κ3) is 2.73. The number of hydrogen-bond acceptors (Lipinski definition) is 6. The molecular weight excluding hydrogens is 304 g/mol. The first-order valence-corrected chi connectivity index (χ1v) is 8.86. The zero-order valence-corrected chi connectivity index (χ0v) is 13.6. The van der Waals surface area contributed by atoms with Crippen LogP contribution >= 0.6 is 0 Å². The van der Waals surface area contributed by atoms with Crippen LogP contribution in [-0.2, 0) is 10.0 Å². The van der Waals surface area contributed by atoms with Crippen molar-refractivity contribution in [2.24, 2.45) is 5.92 Å². The van der Waals surface area contributed by atoms with Crippen LogP contribution < -0.4 is 0 Å². The van der Waals surface area contributed by atoms with Crippen LogP contribution in [-0.4, -0.2) is 61.2 Å². The van der Waals surface area contributed by atoms with Gasteiger partial charge in [-0.25, -0.2) is 13.0 Å². The summed E-state index contributed by atoms with van der Waals surface area (Å²) in [7, 11) is -1.50. The zero-order valence-electron chi connectivity index (χ0n) is 12.8. The Morgan fingerprint density at radius 2 is 2.23 bits per heavy atom. The number of sulfonamides is 1. The van der Waals surface area contributed by atoms with E-state index < -0.39 is 10.0 Å². The van der Waals surface area contributed by atoms with Gasteiger partial charge in [0, 0.05) is 19.6 Å². The van der Waals surface area contributed by atoms with Crippen molar-refractivity contribution in [3.05, 3.63) is 18.2 Å². The van der Waals surface area contributed by atoms with Crippen molar-refractivity contribution in [1.29, 1.82) is 0 Å². The molecular formula is C14H20N4O3S. The summed E-state index contributed by atoms with van der Waals surface area (Å²) in [6.45, 7) is 5.08. The van der Waals surface area contributed by atoms with E-state index in [0.29, 0.717) is 30.0 Å². The Bertz CT molecular complexity index is 758. The predicted molar refractivity (Wildman–Crippen MR) is 81.8 cm³/mol. The SMILES string of the molecule is CCN(C)C[C@@H]1CCN(S(=O)(=O)c2cccc3nonc23)C1. The molecule has 1 fully saturated rings. The lowest BCUT2D eigenvalue weighted by molar-refractivity contribution is 0.293. The van der Waals surface area contributed by atoms with Crippen LogP contribution in [0.15, 0.2) is 27.7 Å². The van der Waals surface area contributed by atoms with Gasteiger partial charge in [0.1, 0.15) is 10.4 Å². The minimum absolute atomic E-state index is 0.177. The minimum Gasteiger partial charge on any atom is -0.306 e. The van der Waals surface area contributed by atoms with E-state index in [1.165, 1.54) is 0 Å². The molecule has 2 aromatic rings. The lowest BCUT2D eigenvalue weighted by Gasteiger charge is -2.20. The number of aromatic nitrogens is 2. The predicted octanol–water partition coefficient (Wildman–Crippen LogP) is 1.19. The van der Waals surface area contributed by atoms with E-state index in [1.807, 2.05) is 0 Å².